The molecule has 2 saturated heterocycles. The number of imide groups is 1. The summed E-state index contributed by atoms with van der Waals surface area (Å²) in [6.07, 6.45) is 7.59. The zero-order valence-corrected chi connectivity index (χ0v) is 57.8. The number of methoxy groups -OCH3 is 2. The Balaban J connectivity index is 1.04. The molecule has 8 amide bonds. The molecule has 22 nitrogen and oxygen atoms in total. The molecule has 0 spiro atoms. The van der Waals surface area contributed by atoms with Crippen molar-refractivity contribution in [1.29, 1.82) is 0 Å². The van der Waals surface area contributed by atoms with Gasteiger partial charge in [0, 0.05) is 116 Å². The zero-order chi connectivity index (χ0) is 69.6. The number of nitrogens with two attached hydrogens (primary N) is 1. The molecule has 3 heterocycles. The van der Waals surface area contributed by atoms with Crippen LogP contribution in [0.2, 0.25) is 0 Å². The first kappa shape index (κ1) is 76.8. The molecule has 5 N–H and O–H groups in total. The molecule has 4 aliphatic rings. The molecule has 1 aliphatic carbocycles. The number of likely N-dealkylation sites (N-methyl/N-ethyl adjacent to an activating group) is 1. The number of aliphatic hydroxyl groups excluding tert-OH is 1. The summed E-state index contributed by atoms with van der Waals surface area (Å²) in [4.78, 5) is 155. The number of fused-ring (bicyclic) bond motifs is 2. The number of urea groups is 1. The van der Waals surface area contributed by atoms with Crippen molar-refractivity contribution < 1.29 is 72.1 Å². The van der Waals surface area contributed by atoms with Crippen LogP contribution in [0.3, 0.4) is 0 Å². The lowest BCUT2D eigenvalue weighted by molar-refractivity contribution is -0.149. The average Bonchev–Trinajstić information content (AvgIpc) is 1.50. The highest BCUT2D eigenvalue weighted by atomic mass is 16.6. The molecule has 22 heteroatoms. The van der Waals surface area contributed by atoms with Crippen LogP contribution in [0.4, 0.5) is 9.59 Å². The average molecular weight is 1320 g/mol. The van der Waals surface area contributed by atoms with E-state index in [2.05, 4.69) is 10.6 Å². The molecule has 2 aromatic carbocycles. The van der Waals surface area contributed by atoms with Crippen molar-refractivity contribution in [2.45, 2.75) is 213 Å². The van der Waals surface area contributed by atoms with Crippen molar-refractivity contribution in [3.05, 3.63) is 83.4 Å². The van der Waals surface area contributed by atoms with E-state index in [1.807, 2.05) is 78.8 Å². The summed E-state index contributed by atoms with van der Waals surface area (Å²) in [5.74, 6) is -5.23. The van der Waals surface area contributed by atoms with Crippen molar-refractivity contribution in [3.63, 3.8) is 0 Å². The second-order valence-corrected chi connectivity index (χ2v) is 27.7. The van der Waals surface area contributed by atoms with E-state index in [0.717, 1.165) is 23.3 Å². The van der Waals surface area contributed by atoms with Crippen LogP contribution < -0.4 is 16.4 Å². The number of primary amides is 1. The van der Waals surface area contributed by atoms with Crippen molar-refractivity contribution >= 4 is 64.8 Å². The number of Topliss-reactive ketones (excluding diaryl/α,β-unsaturated/α-hetero) is 4. The number of ketones is 4. The first-order valence-corrected chi connectivity index (χ1v) is 34.6. The summed E-state index contributed by atoms with van der Waals surface area (Å²) in [7, 11) is 4.82. The van der Waals surface area contributed by atoms with Gasteiger partial charge in [-0.2, -0.15) is 0 Å². The molecular weight excluding hydrogens is 1210 g/mol. The molecule has 0 aromatic heterocycles. The highest BCUT2D eigenvalue weighted by molar-refractivity contribution is 6.12. The van der Waals surface area contributed by atoms with Crippen molar-refractivity contribution in [2.75, 3.05) is 47.5 Å². The van der Waals surface area contributed by atoms with Gasteiger partial charge in [0.2, 0.25) is 17.7 Å². The van der Waals surface area contributed by atoms with Gasteiger partial charge >= 0.3 is 12.1 Å². The maximum absolute atomic E-state index is 15.0. The van der Waals surface area contributed by atoms with Crippen LogP contribution >= 0.6 is 0 Å². The number of nitrogens with zero attached hydrogens (tertiary/aromatic N) is 4. The largest absolute Gasteiger partial charge is 0.445 e. The number of hydrogen-bond donors (Lipinski definition) is 4. The van der Waals surface area contributed by atoms with Crippen LogP contribution in [0, 0.1) is 47.3 Å². The van der Waals surface area contributed by atoms with Gasteiger partial charge in [-0.25, -0.2) is 9.59 Å². The van der Waals surface area contributed by atoms with E-state index < -0.39 is 66.1 Å². The smallest absolute Gasteiger partial charge is 0.410 e. The summed E-state index contributed by atoms with van der Waals surface area (Å²) in [5, 5.41) is 15.7. The zero-order valence-electron chi connectivity index (χ0n) is 57.8. The van der Waals surface area contributed by atoms with Crippen molar-refractivity contribution in [1.82, 2.24) is 30.2 Å². The third kappa shape index (κ3) is 21.4. The third-order valence-corrected chi connectivity index (χ3v) is 20.4. The number of nitrogens with one attached hydrogen (secondary N) is 2. The van der Waals surface area contributed by atoms with Crippen LogP contribution in [0.25, 0.3) is 0 Å². The number of unbranched alkanes of at least 4 members (excludes halogenated alkanes) is 2. The molecular formula is C73H107N7O15. The Morgan fingerprint density at radius 2 is 1.43 bits per heavy atom. The second kappa shape index (κ2) is 37.4. The minimum absolute atomic E-state index is 0.0286. The molecule has 6 rings (SSSR count). The Labute approximate surface area is 561 Å². The summed E-state index contributed by atoms with van der Waals surface area (Å²) in [6.45, 7) is 14.0. The molecule has 524 valence electrons. The lowest BCUT2D eigenvalue weighted by Gasteiger charge is -2.41. The molecule has 0 unspecified atom stereocenters. The number of hydrogen-bond acceptors (Lipinski definition) is 15. The first-order valence-electron chi connectivity index (χ1n) is 34.6. The Morgan fingerprint density at radius 3 is 2.05 bits per heavy atom. The van der Waals surface area contributed by atoms with Gasteiger partial charge < -0.3 is 45.5 Å². The van der Waals surface area contributed by atoms with E-state index in [9.17, 15) is 57.8 Å². The van der Waals surface area contributed by atoms with Gasteiger partial charge in [-0.1, -0.05) is 116 Å². The van der Waals surface area contributed by atoms with Crippen molar-refractivity contribution in [2.24, 2.45) is 53.1 Å². The second-order valence-electron chi connectivity index (χ2n) is 27.7. The van der Waals surface area contributed by atoms with Crippen LogP contribution in [-0.2, 0) is 76.8 Å². The maximum atomic E-state index is 15.0. The summed E-state index contributed by atoms with van der Waals surface area (Å²) < 4.78 is 18.1. The fourth-order valence-electron chi connectivity index (χ4n) is 14.6. The molecule has 95 heavy (non-hydrogen) atoms. The number of aliphatic hydroxyl groups is 1. The fourth-order valence-corrected chi connectivity index (χ4v) is 14.6. The molecule has 13 atom stereocenters. The van der Waals surface area contributed by atoms with E-state index >= 15 is 0 Å². The maximum Gasteiger partial charge on any atom is 0.410 e. The van der Waals surface area contributed by atoms with Crippen LogP contribution in [0.1, 0.15) is 168 Å². The number of carbonyl (C=O) groups is 11. The van der Waals surface area contributed by atoms with Gasteiger partial charge in [-0.05, 0) is 110 Å². The predicted molar refractivity (Wildman–Crippen MR) is 358 cm³/mol. The highest BCUT2D eigenvalue weighted by Crippen LogP contribution is 2.44. The van der Waals surface area contributed by atoms with Gasteiger partial charge in [0.1, 0.15) is 18.2 Å². The quantitative estimate of drug-likeness (QED) is 0.0363. The summed E-state index contributed by atoms with van der Waals surface area (Å²) >= 11 is 0. The molecule has 1 saturated carbocycles. The van der Waals surface area contributed by atoms with Crippen LogP contribution in [0.15, 0.2) is 66.7 Å². The van der Waals surface area contributed by atoms with E-state index in [1.165, 1.54) is 12.2 Å². The lowest BCUT2D eigenvalue weighted by atomic mass is 9.83. The van der Waals surface area contributed by atoms with Crippen molar-refractivity contribution in [3.8, 4) is 0 Å². The minimum atomic E-state index is -0.947. The monoisotopic (exact) mass is 1320 g/mol. The summed E-state index contributed by atoms with van der Waals surface area (Å²) in [6, 6.07) is 13.1. The topological polar surface area (TPSA) is 299 Å². The van der Waals surface area contributed by atoms with E-state index in [-0.39, 0.29) is 160 Å². The SMILES string of the molecule is CC[C@H](C)[C@@H]([C@@H](CC(=O)N1CCC[C@H]1[C@H](OC)[C@@H](C)C(=O)C[C@H](CO)Cc1ccccc1)OC)N(C)C(=O)[C@@H](CC(=O)[C@@H]1[C@H]2CC[C@H](C2)N1C(=O)OCc1ccc(CC(=O)[C@H](CCCNC(N)=O)NC(=O)[C@@H](CC(=O)CCCCCN2C(=O)C=CC2=O)C(C)C)cc1)C(C)C. The van der Waals surface area contributed by atoms with E-state index in [0.29, 0.717) is 75.5 Å². The normalized spacial score (nSPS) is 20.5. The van der Waals surface area contributed by atoms with E-state index in [1.54, 1.807) is 60.2 Å². The molecule has 3 aliphatic heterocycles. The predicted octanol–water partition coefficient (Wildman–Crippen LogP) is 7.90. The first-order chi connectivity index (χ1) is 45.3. The number of rotatable bonds is 41. The summed E-state index contributed by atoms with van der Waals surface area (Å²) in [5.41, 5.74) is 7.58. The Bertz CT molecular complexity index is 2960. The highest BCUT2D eigenvalue weighted by Gasteiger charge is 2.53. The Kier molecular flexibility index (Phi) is 30.2. The standard InChI is InChI=1S/C73H107N7O15/c1-11-47(6)67(63(93-9)42-66(88)78-35-19-24-59(78)69(94-10)48(7)60(83)38-52(43-81)36-49-20-14-12-15-21-49)77(8)71(90)57(46(4)5)41-62(85)68-53-29-30-54(39-53)80(68)73(92)95-44-51-27-25-50(26-28-51)37-61(84)58(23-18-33-75-72(74)91)76-70(89)56(45(2)3)40-55(82)22-16-13-17-34-79-64(86)31-32-65(79)87/h12,14-15,20-21,25-28,31-32,45-48,52-54,56-59,63,67-69,81H,11,13,16-19,22-24,29-30,33-44H2,1-10H3,(H,76,89)(H3,74,75,91)/t47-,48-,52+,53-,54+,56-,57-,58-,59-,63+,67-,68-,69+/m0/s1. The number of piperidine rings is 1. The number of likely N-dealkylation sites (tertiary alicyclic amines) is 2. The van der Waals surface area contributed by atoms with Gasteiger partial charge in [0.05, 0.1) is 42.8 Å². The Hall–Kier alpha value is -7.17. The number of amides is 8. The fraction of sp³-hybridized carbons (Fsp3) is 0.658. The number of benzene rings is 2. The molecule has 2 bridgehead atoms. The third-order valence-electron chi connectivity index (χ3n) is 20.4. The van der Waals surface area contributed by atoms with Crippen LogP contribution in [-0.4, -0.2) is 179 Å². The van der Waals surface area contributed by atoms with Crippen LogP contribution in [0.5, 0.6) is 0 Å². The van der Waals surface area contributed by atoms with E-state index in [4.69, 9.17) is 19.9 Å². The van der Waals surface area contributed by atoms with Gasteiger partial charge in [-0.3, -0.25) is 53.0 Å². The Morgan fingerprint density at radius 1 is 0.758 bits per heavy atom. The molecule has 0 radical (unpaired) electrons. The van der Waals surface area contributed by atoms with Gasteiger partial charge in [-0.15, -0.1) is 0 Å². The number of ether oxygens (including phenoxy) is 3. The lowest BCUT2D eigenvalue weighted by Crippen LogP contribution is -2.54. The molecule has 2 aromatic rings. The molecule has 3 fully saturated rings. The van der Waals surface area contributed by atoms with Gasteiger partial charge in [0.25, 0.3) is 11.8 Å². The minimum Gasteiger partial charge on any atom is -0.445 e. The number of carbonyl (C=O) groups excluding carboxylic acids is 11. The van der Waals surface area contributed by atoms with Gasteiger partial charge in [0.15, 0.2) is 11.6 Å².